The number of ether oxygens (including phenoxy) is 1. The number of morpholine rings is 1. The van der Waals surface area contributed by atoms with Crippen LogP contribution in [0.3, 0.4) is 0 Å². The number of amides is 3. The molecule has 3 amide bonds. The number of piperazine rings is 1. The first-order chi connectivity index (χ1) is 21.6. The monoisotopic (exact) mass is 594 g/mol. The van der Waals surface area contributed by atoms with E-state index in [1.165, 1.54) is 12.8 Å². The van der Waals surface area contributed by atoms with Crippen LogP contribution in [0.4, 0.5) is 22.0 Å². The molecular weight excluding hydrogens is 556 g/mol. The van der Waals surface area contributed by atoms with Crippen molar-refractivity contribution in [3.05, 3.63) is 66.4 Å². The number of urea groups is 1. The molecule has 3 aliphatic rings. The van der Waals surface area contributed by atoms with Crippen molar-refractivity contribution in [1.82, 2.24) is 24.3 Å². The van der Waals surface area contributed by atoms with Crippen LogP contribution in [-0.4, -0.2) is 94.8 Å². The summed E-state index contributed by atoms with van der Waals surface area (Å²) < 4.78 is 7.69. The molecule has 2 aromatic heterocycles. The zero-order valence-corrected chi connectivity index (χ0v) is 25.0. The van der Waals surface area contributed by atoms with Crippen molar-refractivity contribution in [2.24, 2.45) is 0 Å². The number of carbonyl (C=O) groups excluding carboxylic acids is 2. The summed E-state index contributed by atoms with van der Waals surface area (Å²) in [6.07, 6.45) is 4.64. The molecule has 0 bridgehead atoms. The Labute approximate surface area is 256 Å². The molecule has 0 atom stereocenters. The van der Waals surface area contributed by atoms with E-state index in [0.29, 0.717) is 36.0 Å². The zero-order valence-electron chi connectivity index (χ0n) is 25.0. The van der Waals surface area contributed by atoms with Gasteiger partial charge in [-0.1, -0.05) is 0 Å². The van der Waals surface area contributed by atoms with Gasteiger partial charge in [-0.25, -0.2) is 14.8 Å². The van der Waals surface area contributed by atoms with E-state index in [1.807, 2.05) is 29.2 Å². The van der Waals surface area contributed by atoms with Crippen molar-refractivity contribution in [3.8, 4) is 11.4 Å². The number of hydrogen-bond acceptors (Lipinski definition) is 7. The van der Waals surface area contributed by atoms with Gasteiger partial charge in [-0.15, -0.1) is 0 Å². The Balaban J connectivity index is 0.986. The Kier molecular flexibility index (Phi) is 7.88. The highest BCUT2D eigenvalue weighted by Gasteiger charge is 2.32. The van der Waals surface area contributed by atoms with E-state index in [2.05, 4.69) is 44.2 Å². The number of hydrogen-bond donors (Lipinski definition) is 2. The predicted molar refractivity (Wildman–Crippen MR) is 171 cm³/mol. The van der Waals surface area contributed by atoms with Gasteiger partial charge >= 0.3 is 6.03 Å². The number of fused-ring (bicyclic) bond motifs is 1. The van der Waals surface area contributed by atoms with Gasteiger partial charge in [-0.05, 0) is 74.4 Å². The summed E-state index contributed by atoms with van der Waals surface area (Å²) >= 11 is 0. The summed E-state index contributed by atoms with van der Waals surface area (Å²) in [5.74, 6) is 1.60. The van der Waals surface area contributed by atoms with E-state index in [-0.39, 0.29) is 11.9 Å². The lowest BCUT2D eigenvalue weighted by Gasteiger charge is -2.34. The molecule has 1 saturated carbocycles. The minimum Gasteiger partial charge on any atom is -0.378 e. The number of rotatable bonds is 7. The molecule has 4 heterocycles. The number of benzene rings is 2. The van der Waals surface area contributed by atoms with E-state index in [0.717, 1.165) is 74.3 Å². The van der Waals surface area contributed by atoms with E-state index >= 15 is 0 Å². The van der Waals surface area contributed by atoms with Crippen molar-refractivity contribution in [1.29, 1.82) is 0 Å². The second-order valence-electron chi connectivity index (χ2n) is 11.6. The van der Waals surface area contributed by atoms with E-state index < -0.39 is 0 Å². The summed E-state index contributed by atoms with van der Waals surface area (Å²) in [5.41, 5.74) is 3.67. The minimum absolute atomic E-state index is 0.0413. The lowest BCUT2D eigenvalue weighted by Crippen LogP contribution is -2.49. The highest BCUT2D eigenvalue weighted by atomic mass is 16.5. The minimum atomic E-state index is -0.360. The van der Waals surface area contributed by atoms with Gasteiger partial charge in [0, 0.05) is 80.6 Å². The fourth-order valence-corrected chi connectivity index (χ4v) is 6.05. The van der Waals surface area contributed by atoms with Crippen LogP contribution in [0.5, 0.6) is 0 Å². The summed E-state index contributed by atoms with van der Waals surface area (Å²) in [7, 11) is 0. The predicted octanol–water partition coefficient (Wildman–Crippen LogP) is 4.52. The maximum atomic E-state index is 13.0. The van der Waals surface area contributed by atoms with Crippen molar-refractivity contribution in [3.63, 3.8) is 0 Å². The average Bonchev–Trinajstić information content (AvgIpc) is 3.84. The summed E-state index contributed by atoms with van der Waals surface area (Å²) in [6, 6.07) is 17.1. The molecule has 0 radical (unpaired) electrons. The van der Waals surface area contributed by atoms with Crippen LogP contribution in [0.15, 0.2) is 60.8 Å². The second-order valence-corrected chi connectivity index (χ2v) is 11.6. The maximum absolute atomic E-state index is 13.0. The molecule has 2 saturated heterocycles. The lowest BCUT2D eigenvalue weighted by molar-refractivity contribution is 0.0627. The van der Waals surface area contributed by atoms with Crippen LogP contribution in [0.2, 0.25) is 0 Å². The quantitative estimate of drug-likeness (QED) is 0.324. The van der Waals surface area contributed by atoms with Gasteiger partial charge in [0.2, 0.25) is 0 Å². The second kappa shape index (κ2) is 12.3. The van der Waals surface area contributed by atoms with Crippen molar-refractivity contribution in [2.45, 2.75) is 32.4 Å². The van der Waals surface area contributed by atoms with Gasteiger partial charge in [0.05, 0.1) is 18.6 Å². The standard InChI is InChI=1S/C33H38N8O3/c1-2-38-14-13-28-30(38)36-29(37-31(28)40-19-21-44-22-20-40)23-3-7-25(8-4-23)34-33(43)35-26-9-5-24(6-10-26)32(42)41-17-15-39(16-18-41)27-11-12-27/h3-10,13-14,27H,2,11-12,15-22H2,1H3,(H2,34,35,43). The SMILES string of the molecule is CCn1ccc2c(N3CCOCC3)nc(-c3ccc(NC(=O)Nc4ccc(C(=O)N5CCN(C6CC6)CC5)cc4)cc3)nc21. The average molecular weight is 595 g/mol. The van der Waals surface area contributed by atoms with Crippen LogP contribution in [-0.2, 0) is 11.3 Å². The first kappa shape index (κ1) is 28.3. The molecule has 44 heavy (non-hydrogen) atoms. The van der Waals surface area contributed by atoms with Crippen LogP contribution in [0.1, 0.15) is 30.1 Å². The number of nitrogens with zero attached hydrogens (tertiary/aromatic N) is 6. The maximum Gasteiger partial charge on any atom is 0.323 e. The molecule has 3 fully saturated rings. The molecule has 11 heteroatoms. The Morgan fingerprint density at radius 2 is 1.50 bits per heavy atom. The molecule has 11 nitrogen and oxygen atoms in total. The topological polar surface area (TPSA) is 108 Å². The fraction of sp³-hybridized carbons (Fsp3) is 0.394. The van der Waals surface area contributed by atoms with E-state index in [9.17, 15) is 9.59 Å². The van der Waals surface area contributed by atoms with Gasteiger partial charge < -0.3 is 29.7 Å². The molecular formula is C33H38N8O3. The molecule has 2 aromatic carbocycles. The van der Waals surface area contributed by atoms with Crippen LogP contribution in [0, 0.1) is 0 Å². The largest absolute Gasteiger partial charge is 0.378 e. The third-order valence-corrected chi connectivity index (χ3v) is 8.71. The number of nitrogens with one attached hydrogen (secondary N) is 2. The van der Waals surface area contributed by atoms with E-state index in [1.54, 1.807) is 24.3 Å². The van der Waals surface area contributed by atoms with Crippen LogP contribution in [0.25, 0.3) is 22.4 Å². The van der Waals surface area contributed by atoms with Crippen molar-refractivity contribution < 1.29 is 14.3 Å². The van der Waals surface area contributed by atoms with Gasteiger partial charge in [-0.3, -0.25) is 9.69 Å². The molecule has 228 valence electrons. The van der Waals surface area contributed by atoms with Crippen LogP contribution >= 0.6 is 0 Å². The van der Waals surface area contributed by atoms with Gasteiger partial charge in [0.15, 0.2) is 5.82 Å². The summed E-state index contributed by atoms with van der Waals surface area (Å²) in [6.45, 7) is 9.27. The van der Waals surface area contributed by atoms with Gasteiger partial charge in [0.25, 0.3) is 5.91 Å². The van der Waals surface area contributed by atoms with Crippen LogP contribution < -0.4 is 15.5 Å². The fourth-order valence-electron chi connectivity index (χ4n) is 6.05. The first-order valence-corrected chi connectivity index (χ1v) is 15.6. The van der Waals surface area contributed by atoms with Gasteiger partial charge in [-0.2, -0.15) is 0 Å². The number of aromatic nitrogens is 3. The normalized spacial score (nSPS) is 17.6. The zero-order chi connectivity index (χ0) is 30.0. The van der Waals surface area contributed by atoms with Crippen molar-refractivity contribution in [2.75, 3.05) is 68.0 Å². The molecule has 7 rings (SSSR count). The third kappa shape index (κ3) is 5.97. The third-order valence-electron chi connectivity index (χ3n) is 8.71. The highest BCUT2D eigenvalue weighted by molar-refractivity contribution is 6.00. The molecule has 4 aromatic rings. The summed E-state index contributed by atoms with van der Waals surface area (Å²) in [5, 5.41) is 6.78. The summed E-state index contributed by atoms with van der Waals surface area (Å²) in [4.78, 5) is 42.3. The van der Waals surface area contributed by atoms with Gasteiger partial charge in [0.1, 0.15) is 11.5 Å². The molecule has 1 aliphatic carbocycles. The Morgan fingerprint density at radius 3 is 2.14 bits per heavy atom. The number of aryl methyl sites for hydroxylation is 1. The number of anilines is 3. The molecule has 0 spiro atoms. The Hall–Kier alpha value is -4.48. The van der Waals surface area contributed by atoms with Crippen molar-refractivity contribution >= 4 is 40.2 Å². The molecule has 0 unspecified atom stereocenters. The lowest BCUT2D eigenvalue weighted by atomic mass is 10.1. The highest BCUT2D eigenvalue weighted by Crippen LogP contribution is 2.30. The van der Waals surface area contributed by atoms with E-state index in [4.69, 9.17) is 14.7 Å². The number of carbonyl (C=O) groups is 2. The first-order valence-electron chi connectivity index (χ1n) is 15.6. The molecule has 2 N–H and O–H groups in total. The molecule has 2 aliphatic heterocycles. The Bertz CT molecular complexity index is 1630. The Morgan fingerprint density at radius 1 is 0.841 bits per heavy atom. The smallest absolute Gasteiger partial charge is 0.323 e.